The van der Waals surface area contributed by atoms with Gasteiger partial charge in [0, 0.05) is 12.2 Å². The van der Waals surface area contributed by atoms with Crippen LogP contribution in [0.5, 0.6) is 0 Å². The van der Waals surface area contributed by atoms with Gasteiger partial charge in [0.15, 0.2) is 5.78 Å². The van der Waals surface area contributed by atoms with Gasteiger partial charge >= 0.3 is 0 Å². The van der Waals surface area contributed by atoms with Gasteiger partial charge < -0.3 is 10.2 Å². The van der Waals surface area contributed by atoms with E-state index in [0.717, 1.165) is 22.3 Å². The van der Waals surface area contributed by atoms with Crippen molar-refractivity contribution in [2.45, 2.75) is 40.2 Å². The van der Waals surface area contributed by atoms with E-state index in [1.165, 1.54) is 0 Å². The monoisotopic (exact) mass is 248 g/mol. The molecule has 0 spiro atoms. The first-order valence-electron chi connectivity index (χ1n) is 6.29. The average Bonchev–Trinajstić information content (AvgIpc) is 2.46. The van der Waals surface area contributed by atoms with Gasteiger partial charge in [0.2, 0.25) is 0 Å². The Bertz CT molecular complexity index is 515. The van der Waals surface area contributed by atoms with Crippen molar-refractivity contribution in [1.29, 1.82) is 0 Å². The van der Waals surface area contributed by atoms with Crippen LogP contribution >= 0.6 is 0 Å². The summed E-state index contributed by atoms with van der Waals surface area (Å²) in [6, 6.07) is 1.89. The molecule has 0 aromatic heterocycles. The molecule has 2 rings (SSSR count). The Labute approximate surface area is 107 Å². The van der Waals surface area contributed by atoms with Crippen molar-refractivity contribution in [2.24, 2.45) is 5.41 Å². The van der Waals surface area contributed by atoms with Gasteiger partial charge in [-0.15, -0.1) is 0 Å². The number of carbonyl (C=O) groups is 1. The normalized spacial score (nSPS) is 21.2. The molecule has 98 valence electrons. The lowest BCUT2D eigenvalue weighted by atomic mass is 9.86. The van der Waals surface area contributed by atoms with Gasteiger partial charge in [0.05, 0.1) is 11.5 Å². The highest BCUT2D eigenvalue weighted by Crippen LogP contribution is 2.47. The predicted molar refractivity (Wildman–Crippen MR) is 69.8 cm³/mol. The quantitative estimate of drug-likeness (QED) is 0.842. The maximum Gasteiger partial charge on any atom is 0.172 e. The fourth-order valence-corrected chi connectivity index (χ4v) is 2.90. The smallest absolute Gasteiger partial charge is 0.172 e. The van der Waals surface area contributed by atoms with Crippen molar-refractivity contribution < 1.29 is 15.0 Å². The summed E-state index contributed by atoms with van der Waals surface area (Å²) in [5, 5.41) is 19.4. The molecular weight excluding hydrogens is 228 g/mol. The SMILES string of the molecule is Cc1cc2c(c(C)c1CCO)C(=O)C(C)(C)[C@H]2O. The van der Waals surface area contributed by atoms with Crippen LogP contribution in [0, 0.1) is 19.3 Å². The maximum atomic E-state index is 12.4. The number of fused-ring (bicyclic) bond motifs is 1. The second-order valence-electron chi connectivity index (χ2n) is 5.69. The molecule has 1 aromatic rings. The fraction of sp³-hybridized carbons (Fsp3) is 0.533. The molecule has 0 unspecified atom stereocenters. The molecule has 0 heterocycles. The summed E-state index contributed by atoms with van der Waals surface area (Å²) in [6.45, 7) is 7.49. The number of hydrogen-bond donors (Lipinski definition) is 2. The Morgan fingerprint density at radius 1 is 1.33 bits per heavy atom. The number of carbonyl (C=O) groups excluding carboxylic acids is 1. The van der Waals surface area contributed by atoms with E-state index in [4.69, 9.17) is 5.11 Å². The van der Waals surface area contributed by atoms with Gasteiger partial charge in [-0.25, -0.2) is 0 Å². The van der Waals surface area contributed by atoms with Gasteiger partial charge in [-0.3, -0.25) is 4.79 Å². The fourth-order valence-electron chi connectivity index (χ4n) is 2.90. The van der Waals surface area contributed by atoms with E-state index < -0.39 is 11.5 Å². The van der Waals surface area contributed by atoms with Crippen LogP contribution in [0.3, 0.4) is 0 Å². The summed E-state index contributed by atoms with van der Waals surface area (Å²) in [5.41, 5.74) is 3.61. The molecule has 2 N–H and O–H groups in total. The number of aliphatic hydroxyl groups is 2. The Morgan fingerprint density at radius 3 is 2.50 bits per heavy atom. The van der Waals surface area contributed by atoms with Crippen molar-refractivity contribution in [3.63, 3.8) is 0 Å². The Balaban J connectivity index is 2.69. The van der Waals surface area contributed by atoms with Crippen LogP contribution in [0.25, 0.3) is 0 Å². The summed E-state index contributed by atoms with van der Waals surface area (Å²) in [6.07, 6.45) is -0.185. The van der Waals surface area contributed by atoms with Crippen molar-refractivity contribution in [3.8, 4) is 0 Å². The summed E-state index contributed by atoms with van der Waals surface area (Å²) in [7, 11) is 0. The highest BCUT2D eigenvalue weighted by atomic mass is 16.3. The molecule has 3 heteroatoms. The average molecular weight is 248 g/mol. The summed E-state index contributed by atoms with van der Waals surface area (Å²) < 4.78 is 0. The van der Waals surface area contributed by atoms with Gasteiger partial charge in [0.25, 0.3) is 0 Å². The molecule has 0 amide bonds. The number of ketones is 1. The highest BCUT2D eigenvalue weighted by Gasteiger charge is 2.46. The zero-order chi connectivity index (χ0) is 13.7. The molecule has 3 nitrogen and oxygen atoms in total. The van der Waals surface area contributed by atoms with Crippen molar-refractivity contribution >= 4 is 5.78 Å². The molecule has 0 radical (unpaired) electrons. The zero-order valence-electron chi connectivity index (χ0n) is 11.4. The van der Waals surface area contributed by atoms with E-state index in [0.29, 0.717) is 12.0 Å². The number of benzene rings is 1. The maximum absolute atomic E-state index is 12.4. The minimum absolute atomic E-state index is 0.00156. The van der Waals surface area contributed by atoms with Gasteiger partial charge in [-0.2, -0.15) is 0 Å². The molecule has 0 bridgehead atoms. The number of aliphatic hydroxyl groups excluding tert-OH is 2. The van der Waals surface area contributed by atoms with Crippen LogP contribution in [-0.2, 0) is 6.42 Å². The first-order chi connectivity index (χ1) is 8.32. The van der Waals surface area contributed by atoms with Crippen molar-refractivity contribution in [3.05, 3.63) is 33.9 Å². The van der Waals surface area contributed by atoms with Crippen LogP contribution in [0.1, 0.15) is 52.6 Å². The predicted octanol–water partition coefficient (Wildman–Crippen LogP) is 2.09. The molecule has 1 atom stereocenters. The molecular formula is C15H20O3. The zero-order valence-corrected chi connectivity index (χ0v) is 11.4. The van der Waals surface area contributed by atoms with E-state index in [1.54, 1.807) is 13.8 Å². The lowest BCUT2D eigenvalue weighted by Gasteiger charge is -2.20. The molecule has 1 aromatic carbocycles. The van der Waals surface area contributed by atoms with E-state index >= 15 is 0 Å². The number of hydrogen-bond acceptors (Lipinski definition) is 3. The van der Waals surface area contributed by atoms with Gasteiger partial charge in [0.1, 0.15) is 0 Å². The third-order valence-electron chi connectivity index (χ3n) is 4.12. The molecule has 1 aliphatic rings. The number of Topliss-reactive ketones (excluding diaryl/α,β-unsaturated/α-hetero) is 1. The minimum atomic E-state index is -0.753. The van der Waals surface area contributed by atoms with Crippen LogP contribution in [0.15, 0.2) is 6.07 Å². The Morgan fingerprint density at radius 2 is 1.94 bits per heavy atom. The van der Waals surface area contributed by atoms with Crippen molar-refractivity contribution in [1.82, 2.24) is 0 Å². The number of aryl methyl sites for hydroxylation is 1. The third-order valence-corrected chi connectivity index (χ3v) is 4.12. The van der Waals surface area contributed by atoms with Crippen molar-refractivity contribution in [2.75, 3.05) is 6.61 Å². The summed E-state index contributed by atoms with van der Waals surface area (Å²) in [5.74, 6) is 0.00156. The van der Waals surface area contributed by atoms with Crippen LogP contribution < -0.4 is 0 Å². The largest absolute Gasteiger partial charge is 0.396 e. The molecule has 0 fully saturated rings. The highest BCUT2D eigenvalue weighted by molar-refractivity contribution is 6.06. The second-order valence-corrected chi connectivity index (χ2v) is 5.69. The Hall–Kier alpha value is -1.19. The van der Waals surface area contributed by atoms with E-state index in [1.807, 2.05) is 19.9 Å². The molecule has 0 saturated heterocycles. The van der Waals surface area contributed by atoms with Gasteiger partial charge in [-0.05, 0) is 56.4 Å². The molecule has 0 aliphatic heterocycles. The Kier molecular flexibility index (Phi) is 3.07. The first-order valence-corrected chi connectivity index (χ1v) is 6.29. The van der Waals surface area contributed by atoms with Crippen LogP contribution in [0.4, 0.5) is 0 Å². The lowest BCUT2D eigenvalue weighted by molar-refractivity contribution is 0.0491. The van der Waals surface area contributed by atoms with E-state index in [2.05, 4.69) is 0 Å². The lowest BCUT2D eigenvalue weighted by Crippen LogP contribution is -2.23. The standard InChI is InChI=1S/C15H20O3/c1-8-7-11-12(9(2)10(8)5-6-16)14(18)15(3,4)13(11)17/h7,13,16-17H,5-6H2,1-4H3/t13-/m0/s1. The number of rotatable bonds is 2. The van der Waals surface area contributed by atoms with Crippen LogP contribution in [0.2, 0.25) is 0 Å². The van der Waals surface area contributed by atoms with E-state index in [-0.39, 0.29) is 12.4 Å². The molecule has 18 heavy (non-hydrogen) atoms. The molecule has 1 aliphatic carbocycles. The van der Waals surface area contributed by atoms with Crippen LogP contribution in [-0.4, -0.2) is 22.6 Å². The first kappa shape index (κ1) is 13.2. The minimum Gasteiger partial charge on any atom is -0.396 e. The topological polar surface area (TPSA) is 57.5 Å². The second kappa shape index (κ2) is 4.18. The van der Waals surface area contributed by atoms with E-state index in [9.17, 15) is 9.90 Å². The summed E-state index contributed by atoms with van der Waals surface area (Å²) >= 11 is 0. The summed E-state index contributed by atoms with van der Waals surface area (Å²) in [4.78, 5) is 12.4. The third kappa shape index (κ3) is 1.62. The molecule has 0 saturated carbocycles. The van der Waals surface area contributed by atoms with Gasteiger partial charge in [-0.1, -0.05) is 6.07 Å².